The molecular weight excluding hydrogens is 254 g/mol. The molecule has 1 aromatic rings. The van der Waals surface area contributed by atoms with E-state index >= 15 is 0 Å². The number of aliphatic hydroxyl groups excluding tert-OH is 1. The van der Waals surface area contributed by atoms with E-state index in [-0.39, 0.29) is 18.4 Å². The van der Waals surface area contributed by atoms with Gasteiger partial charge in [-0.1, -0.05) is 20.8 Å². The molecule has 0 bridgehead atoms. The normalized spacial score (nSPS) is 12.7. The first-order valence-electron chi connectivity index (χ1n) is 7.37. The number of aryl methyl sites for hydroxylation is 1. The van der Waals surface area contributed by atoms with Gasteiger partial charge in [-0.05, 0) is 31.6 Å². The van der Waals surface area contributed by atoms with Gasteiger partial charge in [0.2, 0.25) is 0 Å². The molecule has 2 N–H and O–H groups in total. The lowest BCUT2D eigenvalue weighted by atomic mass is 10.1. The van der Waals surface area contributed by atoms with Crippen LogP contribution in [0.25, 0.3) is 0 Å². The van der Waals surface area contributed by atoms with Gasteiger partial charge in [0.05, 0.1) is 11.8 Å². The first-order chi connectivity index (χ1) is 9.45. The van der Waals surface area contributed by atoms with Crippen molar-refractivity contribution in [1.82, 2.24) is 15.1 Å². The molecule has 0 aliphatic carbocycles. The fourth-order valence-electron chi connectivity index (χ4n) is 1.96. The van der Waals surface area contributed by atoms with Crippen LogP contribution in [0.5, 0.6) is 0 Å². The Bertz CT molecular complexity index is 427. The summed E-state index contributed by atoms with van der Waals surface area (Å²) in [4.78, 5) is 12.1. The molecule has 5 nitrogen and oxygen atoms in total. The van der Waals surface area contributed by atoms with E-state index in [1.807, 2.05) is 18.5 Å². The number of carbonyl (C=O) groups is 1. The van der Waals surface area contributed by atoms with Crippen LogP contribution < -0.4 is 5.32 Å². The molecule has 0 radical (unpaired) electrons. The van der Waals surface area contributed by atoms with Crippen LogP contribution in [-0.2, 0) is 6.54 Å². The molecule has 1 amide bonds. The highest BCUT2D eigenvalue weighted by Crippen LogP contribution is 2.10. The van der Waals surface area contributed by atoms with Crippen molar-refractivity contribution in [3.63, 3.8) is 0 Å². The van der Waals surface area contributed by atoms with Crippen molar-refractivity contribution in [2.24, 2.45) is 11.8 Å². The molecule has 1 unspecified atom stereocenters. The summed E-state index contributed by atoms with van der Waals surface area (Å²) in [6, 6.07) is 0. The second-order valence-electron chi connectivity index (χ2n) is 5.88. The van der Waals surface area contributed by atoms with Gasteiger partial charge in [0, 0.05) is 25.4 Å². The molecule has 0 fully saturated rings. The molecule has 20 heavy (non-hydrogen) atoms. The van der Waals surface area contributed by atoms with Gasteiger partial charge in [0.1, 0.15) is 0 Å². The first kappa shape index (κ1) is 16.7. The van der Waals surface area contributed by atoms with E-state index in [1.54, 1.807) is 6.20 Å². The Morgan fingerprint density at radius 1 is 1.40 bits per heavy atom. The van der Waals surface area contributed by atoms with Crippen molar-refractivity contribution < 1.29 is 9.90 Å². The number of hydrogen-bond donors (Lipinski definition) is 2. The molecule has 0 aliphatic heterocycles. The Kier molecular flexibility index (Phi) is 6.71. The third kappa shape index (κ3) is 4.96. The Morgan fingerprint density at radius 2 is 2.10 bits per heavy atom. The molecule has 0 aliphatic rings. The topological polar surface area (TPSA) is 67.2 Å². The van der Waals surface area contributed by atoms with Crippen LogP contribution in [0.4, 0.5) is 0 Å². The van der Waals surface area contributed by atoms with E-state index in [4.69, 9.17) is 5.11 Å². The van der Waals surface area contributed by atoms with Gasteiger partial charge in [-0.15, -0.1) is 0 Å². The Balaban J connectivity index is 2.56. The number of amides is 1. The summed E-state index contributed by atoms with van der Waals surface area (Å²) in [7, 11) is 0. The van der Waals surface area contributed by atoms with Crippen molar-refractivity contribution in [3.05, 3.63) is 17.5 Å². The number of aliphatic hydroxyl groups is 1. The number of aromatic nitrogens is 2. The van der Waals surface area contributed by atoms with E-state index in [0.29, 0.717) is 24.4 Å². The number of carbonyl (C=O) groups excluding carboxylic acids is 1. The molecule has 114 valence electrons. The summed E-state index contributed by atoms with van der Waals surface area (Å²) in [6.45, 7) is 9.87. The molecule has 0 saturated carbocycles. The van der Waals surface area contributed by atoms with Crippen LogP contribution in [0.1, 0.15) is 49.7 Å². The van der Waals surface area contributed by atoms with E-state index in [0.717, 1.165) is 18.7 Å². The minimum atomic E-state index is -0.0805. The summed E-state index contributed by atoms with van der Waals surface area (Å²) in [5, 5.41) is 16.0. The van der Waals surface area contributed by atoms with Crippen molar-refractivity contribution in [1.29, 1.82) is 0 Å². The second kappa shape index (κ2) is 8.04. The monoisotopic (exact) mass is 281 g/mol. The molecule has 1 rings (SSSR count). The zero-order valence-corrected chi connectivity index (χ0v) is 13.0. The van der Waals surface area contributed by atoms with Crippen molar-refractivity contribution >= 4 is 5.91 Å². The van der Waals surface area contributed by atoms with Gasteiger partial charge in [-0.2, -0.15) is 5.10 Å². The van der Waals surface area contributed by atoms with Gasteiger partial charge >= 0.3 is 0 Å². The van der Waals surface area contributed by atoms with Crippen molar-refractivity contribution in [3.8, 4) is 0 Å². The van der Waals surface area contributed by atoms with Crippen LogP contribution >= 0.6 is 0 Å². The smallest absolute Gasteiger partial charge is 0.254 e. The average molecular weight is 281 g/mol. The number of rotatable bonds is 8. The van der Waals surface area contributed by atoms with Crippen LogP contribution in [-0.4, -0.2) is 33.9 Å². The zero-order valence-electron chi connectivity index (χ0n) is 13.0. The summed E-state index contributed by atoms with van der Waals surface area (Å²) < 4.78 is 1.89. The maximum Gasteiger partial charge on any atom is 0.254 e. The standard InChI is InChI=1S/C15H27N3O2/c1-11(2)5-7-18-13(4)14(10-17-18)15(20)16-9-12(3)6-8-19/h10-12,19H,5-9H2,1-4H3,(H,16,20). The highest BCUT2D eigenvalue weighted by atomic mass is 16.3. The Hall–Kier alpha value is -1.36. The van der Waals surface area contributed by atoms with Crippen LogP contribution in [0.15, 0.2) is 6.20 Å². The largest absolute Gasteiger partial charge is 0.396 e. The van der Waals surface area contributed by atoms with Crippen LogP contribution in [0, 0.1) is 18.8 Å². The third-order valence-electron chi connectivity index (χ3n) is 3.50. The lowest BCUT2D eigenvalue weighted by Crippen LogP contribution is -2.29. The first-order valence-corrected chi connectivity index (χ1v) is 7.37. The molecule has 0 saturated heterocycles. The number of nitrogens with zero attached hydrogens (tertiary/aromatic N) is 2. The zero-order chi connectivity index (χ0) is 15.1. The van der Waals surface area contributed by atoms with Gasteiger partial charge < -0.3 is 10.4 Å². The summed E-state index contributed by atoms with van der Waals surface area (Å²) in [6.07, 6.45) is 3.39. The predicted molar refractivity (Wildman–Crippen MR) is 79.6 cm³/mol. The predicted octanol–water partition coefficient (Wildman–Crippen LogP) is 1.99. The highest BCUT2D eigenvalue weighted by Gasteiger charge is 2.14. The van der Waals surface area contributed by atoms with Crippen molar-refractivity contribution in [2.45, 2.75) is 47.1 Å². The Morgan fingerprint density at radius 3 is 2.70 bits per heavy atom. The van der Waals surface area contributed by atoms with E-state index in [2.05, 4.69) is 24.3 Å². The van der Waals surface area contributed by atoms with E-state index in [9.17, 15) is 4.79 Å². The quantitative estimate of drug-likeness (QED) is 0.765. The fraction of sp³-hybridized carbons (Fsp3) is 0.733. The number of nitrogens with one attached hydrogen (secondary N) is 1. The lowest BCUT2D eigenvalue weighted by Gasteiger charge is -2.11. The molecule has 1 atom stereocenters. The van der Waals surface area contributed by atoms with Gasteiger partial charge in [-0.25, -0.2) is 0 Å². The minimum absolute atomic E-state index is 0.0805. The Labute approximate surface area is 121 Å². The molecular formula is C15H27N3O2. The van der Waals surface area contributed by atoms with E-state index in [1.165, 1.54) is 0 Å². The summed E-state index contributed by atoms with van der Waals surface area (Å²) >= 11 is 0. The van der Waals surface area contributed by atoms with Gasteiger partial charge in [0.25, 0.3) is 5.91 Å². The number of hydrogen-bond acceptors (Lipinski definition) is 3. The molecule has 5 heteroatoms. The van der Waals surface area contributed by atoms with Crippen LogP contribution in [0.2, 0.25) is 0 Å². The van der Waals surface area contributed by atoms with Crippen LogP contribution in [0.3, 0.4) is 0 Å². The minimum Gasteiger partial charge on any atom is -0.396 e. The fourth-order valence-corrected chi connectivity index (χ4v) is 1.96. The third-order valence-corrected chi connectivity index (χ3v) is 3.50. The second-order valence-corrected chi connectivity index (χ2v) is 5.88. The molecule has 1 aromatic heterocycles. The maximum atomic E-state index is 12.1. The van der Waals surface area contributed by atoms with Gasteiger partial charge in [0.15, 0.2) is 0 Å². The van der Waals surface area contributed by atoms with Crippen molar-refractivity contribution in [2.75, 3.05) is 13.2 Å². The molecule has 0 spiro atoms. The average Bonchev–Trinajstić information content (AvgIpc) is 2.75. The SMILES string of the molecule is Cc1c(C(=O)NCC(C)CCO)cnn1CCC(C)C. The lowest BCUT2D eigenvalue weighted by molar-refractivity contribution is 0.0944. The summed E-state index contributed by atoms with van der Waals surface area (Å²) in [5.74, 6) is 0.818. The molecule has 0 aromatic carbocycles. The van der Waals surface area contributed by atoms with E-state index < -0.39 is 0 Å². The van der Waals surface area contributed by atoms with Gasteiger partial charge in [-0.3, -0.25) is 9.48 Å². The maximum absolute atomic E-state index is 12.1. The molecule has 1 heterocycles. The summed E-state index contributed by atoms with van der Waals surface area (Å²) in [5.41, 5.74) is 1.56. The highest BCUT2D eigenvalue weighted by molar-refractivity contribution is 5.95.